The fraction of sp³-hybridized carbons (Fsp3) is 0.364. The van der Waals surface area contributed by atoms with Crippen molar-refractivity contribution in [1.82, 2.24) is 24.9 Å². The molecular weight excluding hydrogens is 298 g/mol. The molecule has 2 aromatic rings. The quantitative estimate of drug-likeness (QED) is 0.926. The van der Waals surface area contributed by atoms with Gasteiger partial charge in [-0.2, -0.15) is 10.2 Å². The number of amides is 1. The molecule has 0 aliphatic rings. The summed E-state index contributed by atoms with van der Waals surface area (Å²) in [4.78, 5) is 12.0. The average Bonchev–Trinajstić information content (AvgIpc) is 2.94. The number of carbonyl (C=O) groups is 1. The van der Waals surface area contributed by atoms with Crippen molar-refractivity contribution in [2.75, 3.05) is 0 Å². The van der Waals surface area contributed by atoms with Crippen molar-refractivity contribution < 1.29 is 4.79 Å². The Morgan fingerprint density at radius 2 is 2.28 bits per heavy atom. The molecular formula is C11H14BrN5O. The number of hydrogen-bond donors (Lipinski definition) is 1. The van der Waals surface area contributed by atoms with Crippen LogP contribution in [0.25, 0.3) is 0 Å². The Bertz CT molecular complexity index is 540. The van der Waals surface area contributed by atoms with Crippen LogP contribution in [0.15, 0.2) is 22.9 Å². The highest BCUT2D eigenvalue weighted by Crippen LogP contribution is 2.14. The minimum atomic E-state index is -0.137. The lowest BCUT2D eigenvalue weighted by Gasteiger charge is -2.07. The van der Waals surface area contributed by atoms with Gasteiger partial charge in [-0.1, -0.05) is 0 Å². The molecule has 18 heavy (non-hydrogen) atoms. The van der Waals surface area contributed by atoms with Gasteiger partial charge in [0, 0.05) is 19.8 Å². The maximum absolute atomic E-state index is 12.0. The van der Waals surface area contributed by atoms with E-state index in [0.717, 1.165) is 10.2 Å². The second kappa shape index (κ2) is 5.34. The standard InChI is InChI=1S/C11H14BrN5O/c1-3-17-9(4-5-14-17)11(18)13-7-10-8(12)6-15-16(10)2/h4-6H,3,7H2,1-2H3,(H,13,18). The molecule has 2 aromatic heterocycles. The minimum Gasteiger partial charge on any atom is -0.345 e. The van der Waals surface area contributed by atoms with E-state index in [1.54, 1.807) is 27.8 Å². The number of nitrogens with zero attached hydrogens (tertiary/aromatic N) is 4. The van der Waals surface area contributed by atoms with E-state index in [1.165, 1.54) is 0 Å². The second-order valence-corrected chi connectivity index (χ2v) is 4.63. The van der Waals surface area contributed by atoms with Crippen LogP contribution in [-0.2, 0) is 20.1 Å². The summed E-state index contributed by atoms with van der Waals surface area (Å²) >= 11 is 3.39. The third-order valence-electron chi connectivity index (χ3n) is 2.68. The van der Waals surface area contributed by atoms with Crippen LogP contribution in [0.3, 0.4) is 0 Å². The number of hydrogen-bond acceptors (Lipinski definition) is 3. The van der Waals surface area contributed by atoms with Gasteiger partial charge in [0.15, 0.2) is 0 Å². The number of halogens is 1. The highest BCUT2D eigenvalue weighted by molar-refractivity contribution is 9.10. The first-order valence-corrected chi connectivity index (χ1v) is 6.39. The minimum absolute atomic E-state index is 0.137. The van der Waals surface area contributed by atoms with E-state index in [4.69, 9.17) is 0 Å². The van der Waals surface area contributed by atoms with Crippen molar-refractivity contribution in [2.45, 2.75) is 20.0 Å². The number of rotatable bonds is 4. The van der Waals surface area contributed by atoms with Gasteiger partial charge in [-0.25, -0.2) is 0 Å². The van der Waals surface area contributed by atoms with Crippen LogP contribution in [0.1, 0.15) is 23.1 Å². The van der Waals surface area contributed by atoms with Gasteiger partial charge in [-0.05, 0) is 28.9 Å². The Morgan fingerprint density at radius 3 is 2.89 bits per heavy atom. The van der Waals surface area contributed by atoms with E-state index in [-0.39, 0.29) is 5.91 Å². The summed E-state index contributed by atoms with van der Waals surface area (Å²) in [6, 6.07) is 1.71. The Kier molecular flexibility index (Phi) is 3.81. The Labute approximate surface area is 113 Å². The molecule has 7 heteroatoms. The highest BCUT2D eigenvalue weighted by Gasteiger charge is 2.12. The van der Waals surface area contributed by atoms with Crippen LogP contribution < -0.4 is 5.32 Å². The Balaban J connectivity index is 2.05. The zero-order valence-electron chi connectivity index (χ0n) is 10.2. The van der Waals surface area contributed by atoms with Crippen molar-refractivity contribution in [1.29, 1.82) is 0 Å². The van der Waals surface area contributed by atoms with Crippen molar-refractivity contribution in [3.05, 3.63) is 34.3 Å². The molecule has 0 radical (unpaired) electrons. The van der Waals surface area contributed by atoms with Gasteiger partial charge in [-0.3, -0.25) is 14.2 Å². The first-order valence-electron chi connectivity index (χ1n) is 5.60. The number of aromatic nitrogens is 4. The summed E-state index contributed by atoms with van der Waals surface area (Å²) in [7, 11) is 1.84. The summed E-state index contributed by atoms with van der Waals surface area (Å²) in [6.07, 6.45) is 3.33. The third kappa shape index (κ3) is 2.45. The first-order chi connectivity index (χ1) is 8.63. The van der Waals surface area contributed by atoms with E-state index in [9.17, 15) is 4.79 Å². The summed E-state index contributed by atoms with van der Waals surface area (Å²) < 4.78 is 4.27. The number of aryl methyl sites for hydroxylation is 2. The molecule has 0 aliphatic heterocycles. The van der Waals surface area contributed by atoms with E-state index in [1.807, 2.05) is 14.0 Å². The fourth-order valence-electron chi connectivity index (χ4n) is 1.67. The largest absolute Gasteiger partial charge is 0.345 e. The zero-order chi connectivity index (χ0) is 13.1. The van der Waals surface area contributed by atoms with Crippen LogP contribution >= 0.6 is 15.9 Å². The molecule has 0 unspecified atom stereocenters. The van der Waals surface area contributed by atoms with Gasteiger partial charge in [0.1, 0.15) is 5.69 Å². The summed E-state index contributed by atoms with van der Waals surface area (Å²) in [5.74, 6) is -0.137. The average molecular weight is 312 g/mol. The Morgan fingerprint density at radius 1 is 1.50 bits per heavy atom. The van der Waals surface area contributed by atoms with E-state index < -0.39 is 0 Å². The van der Waals surface area contributed by atoms with Crippen molar-refractivity contribution >= 4 is 21.8 Å². The predicted octanol–water partition coefficient (Wildman–Crippen LogP) is 1.33. The van der Waals surface area contributed by atoms with Crippen LogP contribution in [0.5, 0.6) is 0 Å². The molecule has 0 saturated carbocycles. The lowest BCUT2D eigenvalue weighted by molar-refractivity contribution is 0.0939. The molecule has 2 heterocycles. The molecule has 1 N–H and O–H groups in total. The molecule has 0 aliphatic carbocycles. The molecule has 0 atom stereocenters. The van der Waals surface area contributed by atoms with Crippen molar-refractivity contribution in [2.24, 2.45) is 7.05 Å². The van der Waals surface area contributed by atoms with E-state index in [2.05, 4.69) is 31.4 Å². The molecule has 2 rings (SSSR count). The maximum atomic E-state index is 12.0. The van der Waals surface area contributed by atoms with Gasteiger partial charge in [0.25, 0.3) is 5.91 Å². The van der Waals surface area contributed by atoms with Gasteiger partial charge >= 0.3 is 0 Å². The molecule has 6 nitrogen and oxygen atoms in total. The predicted molar refractivity (Wildman–Crippen MR) is 70.0 cm³/mol. The van der Waals surface area contributed by atoms with Crippen LogP contribution in [0.4, 0.5) is 0 Å². The normalized spacial score (nSPS) is 10.6. The molecule has 0 bridgehead atoms. The smallest absolute Gasteiger partial charge is 0.269 e. The number of carbonyl (C=O) groups excluding carboxylic acids is 1. The first kappa shape index (κ1) is 12.8. The van der Waals surface area contributed by atoms with Crippen LogP contribution in [0.2, 0.25) is 0 Å². The van der Waals surface area contributed by atoms with Crippen LogP contribution in [0, 0.1) is 0 Å². The summed E-state index contributed by atoms with van der Waals surface area (Å²) in [5, 5.41) is 11.0. The topological polar surface area (TPSA) is 64.7 Å². The lowest BCUT2D eigenvalue weighted by atomic mass is 10.3. The monoisotopic (exact) mass is 311 g/mol. The van der Waals surface area contributed by atoms with Crippen molar-refractivity contribution in [3.63, 3.8) is 0 Å². The van der Waals surface area contributed by atoms with Gasteiger partial charge in [0.2, 0.25) is 0 Å². The maximum Gasteiger partial charge on any atom is 0.269 e. The van der Waals surface area contributed by atoms with Gasteiger partial charge in [0.05, 0.1) is 22.9 Å². The van der Waals surface area contributed by atoms with E-state index >= 15 is 0 Å². The van der Waals surface area contributed by atoms with E-state index in [0.29, 0.717) is 18.8 Å². The van der Waals surface area contributed by atoms with Gasteiger partial charge < -0.3 is 5.32 Å². The number of nitrogens with one attached hydrogen (secondary N) is 1. The lowest BCUT2D eigenvalue weighted by Crippen LogP contribution is -2.26. The molecule has 0 spiro atoms. The highest BCUT2D eigenvalue weighted by atomic mass is 79.9. The van der Waals surface area contributed by atoms with Crippen LogP contribution in [-0.4, -0.2) is 25.5 Å². The molecule has 96 valence electrons. The molecule has 0 saturated heterocycles. The summed E-state index contributed by atoms with van der Waals surface area (Å²) in [6.45, 7) is 3.04. The van der Waals surface area contributed by atoms with Crippen molar-refractivity contribution in [3.8, 4) is 0 Å². The molecule has 1 amide bonds. The van der Waals surface area contributed by atoms with Gasteiger partial charge in [-0.15, -0.1) is 0 Å². The SMILES string of the molecule is CCn1nccc1C(=O)NCc1c(Br)cnn1C. The fourth-order valence-corrected chi connectivity index (χ4v) is 2.16. The zero-order valence-corrected chi connectivity index (χ0v) is 11.8. The third-order valence-corrected chi connectivity index (χ3v) is 3.34. The Hall–Kier alpha value is -1.63. The molecule has 0 fully saturated rings. The molecule has 0 aromatic carbocycles. The summed E-state index contributed by atoms with van der Waals surface area (Å²) in [5.41, 5.74) is 1.49. The second-order valence-electron chi connectivity index (χ2n) is 3.78.